The zero-order valence-electron chi connectivity index (χ0n) is 38.4. The van der Waals surface area contributed by atoms with Crippen molar-refractivity contribution >= 4 is 17.9 Å². The van der Waals surface area contributed by atoms with E-state index in [0.29, 0.717) is 19.3 Å². The van der Waals surface area contributed by atoms with E-state index in [1.54, 1.807) is 0 Å². The number of carbonyl (C=O) groups is 3. The van der Waals surface area contributed by atoms with E-state index in [0.717, 1.165) is 75.5 Å². The Kier molecular flexibility index (Phi) is 40.4. The zero-order valence-corrected chi connectivity index (χ0v) is 38.4. The monoisotopic (exact) mass is 793 g/mol. The van der Waals surface area contributed by atoms with Crippen LogP contribution in [0.5, 0.6) is 0 Å². The van der Waals surface area contributed by atoms with Gasteiger partial charge in [0.1, 0.15) is 13.2 Å². The molecule has 0 aromatic rings. The zero-order chi connectivity index (χ0) is 41.3. The van der Waals surface area contributed by atoms with Crippen LogP contribution in [0.4, 0.5) is 0 Å². The van der Waals surface area contributed by atoms with E-state index in [-0.39, 0.29) is 31.1 Å². The first-order chi connectivity index (χ1) is 27.1. The van der Waals surface area contributed by atoms with Crippen molar-refractivity contribution in [2.24, 2.45) is 17.8 Å². The van der Waals surface area contributed by atoms with Crippen LogP contribution in [0.1, 0.15) is 266 Å². The van der Waals surface area contributed by atoms with Crippen LogP contribution in [0.25, 0.3) is 0 Å². The minimum Gasteiger partial charge on any atom is -0.462 e. The Morgan fingerprint density at radius 2 is 0.518 bits per heavy atom. The van der Waals surface area contributed by atoms with Gasteiger partial charge in [0.05, 0.1) is 0 Å². The van der Waals surface area contributed by atoms with Gasteiger partial charge in [0, 0.05) is 19.3 Å². The highest BCUT2D eigenvalue weighted by molar-refractivity contribution is 5.71. The second kappa shape index (κ2) is 41.6. The maximum absolute atomic E-state index is 12.8. The first-order valence-corrected chi connectivity index (χ1v) is 24.6. The normalized spacial score (nSPS) is 12.2. The molecule has 0 aromatic carbocycles. The molecule has 56 heavy (non-hydrogen) atoms. The van der Waals surface area contributed by atoms with E-state index in [4.69, 9.17) is 14.2 Å². The van der Waals surface area contributed by atoms with Crippen LogP contribution in [0.2, 0.25) is 0 Å². The third kappa shape index (κ3) is 43.5. The summed E-state index contributed by atoms with van der Waals surface area (Å²) in [5.74, 6) is 1.56. The summed E-state index contributed by atoms with van der Waals surface area (Å²) in [6, 6.07) is 0. The molecule has 0 spiro atoms. The van der Waals surface area contributed by atoms with Gasteiger partial charge in [-0.1, -0.05) is 228 Å². The lowest BCUT2D eigenvalue weighted by molar-refractivity contribution is -0.167. The van der Waals surface area contributed by atoms with E-state index in [1.807, 2.05) is 0 Å². The number of ether oxygens (including phenoxy) is 3. The van der Waals surface area contributed by atoms with Crippen molar-refractivity contribution in [1.29, 1.82) is 0 Å². The first-order valence-electron chi connectivity index (χ1n) is 24.6. The van der Waals surface area contributed by atoms with Crippen LogP contribution < -0.4 is 0 Å². The van der Waals surface area contributed by atoms with Gasteiger partial charge < -0.3 is 14.2 Å². The fourth-order valence-corrected chi connectivity index (χ4v) is 7.41. The minimum atomic E-state index is -0.762. The Balaban J connectivity index is 4.29. The number of rotatable bonds is 43. The molecule has 0 amide bonds. The Bertz CT molecular complexity index is 868. The topological polar surface area (TPSA) is 78.9 Å². The lowest BCUT2D eigenvalue weighted by Gasteiger charge is -2.18. The lowest BCUT2D eigenvalue weighted by Crippen LogP contribution is -2.30. The number of hydrogen-bond donors (Lipinski definition) is 0. The largest absolute Gasteiger partial charge is 0.462 e. The number of hydrogen-bond acceptors (Lipinski definition) is 6. The molecule has 332 valence electrons. The van der Waals surface area contributed by atoms with Crippen LogP contribution in [0.15, 0.2) is 0 Å². The van der Waals surface area contributed by atoms with Crippen LogP contribution in [0, 0.1) is 17.8 Å². The molecule has 0 aliphatic rings. The van der Waals surface area contributed by atoms with Gasteiger partial charge in [-0.05, 0) is 37.0 Å². The SMILES string of the molecule is CC(C)CCCCCCCCCCCCCCCC(=O)O[C@H](COC(=O)CCCCCCCCCCCCC(C)C)COC(=O)CCCCCCCCC(C)C. The Morgan fingerprint density at radius 1 is 0.304 bits per heavy atom. The second-order valence-corrected chi connectivity index (χ2v) is 18.5. The third-order valence-electron chi connectivity index (χ3n) is 11.1. The molecule has 1 atom stereocenters. The molecule has 6 nitrogen and oxygen atoms in total. The maximum Gasteiger partial charge on any atom is 0.306 e. The first kappa shape index (κ1) is 54.4. The molecule has 0 unspecified atom stereocenters. The molecule has 0 aliphatic carbocycles. The molecule has 0 heterocycles. The predicted molar refractivity (Wildman–Crippen MR) is 238 cm³/mol. The van der Waals surface area contributed by atoms with Gasteiger partial charge in [-0.25, -0.2) is 0 Å². The standard InChI is InChI=1S/C50H96O6/c1-44(2)36-30-24-18-14-10-8-7-9-11-17-21-29-35-41-50(53)56-47(43-55-49(52)40-34-28-23-22-26-32-38-46(5)6)42-54-48(51)39-33-27-20-16-13-12-15-19-25-31-37-45(3)4/h44-47H,7-43H2,1-6H3/t47-/m1/s1. The van der Waals surface area contributed by atoms with Gasteiger partial charge >= 0.3 is 17.9 Å². The molecule has 0 saturated heterocycles. The number of carbonyl (C=O) groups excluding carboxylic acids is 3. The molecule has 0 aromatic heterocycles. The van der Waals surface area contributed by atoms with Crippen molar-refractivity contribution in [2.75, 3.05) is 13.2 Å². The molecular weight excluding hydrogens is 697 g/mol. The summed E-state index contributed by atoms with van der Waals surface area (Å²) in [7, 11) is 0. The Morgan fingerprint density at radius 3 is 0.768 bits per heavy atom. The van der Waals surface area contributed by atoms with Crippen molar-refractivity contribution in [3.05, 3.63) is 0 Å². The van der Waals surface area contributed by atoms with E-state index >= 15 is 0 Å². The van der Waals surface area contributed by atoms with Crippen LogP contribution in [-0.4, -0.2) is 37.2 Å². The molecule has 0 radical (unpaired) electrons. The minimum absolute atomic E-state index is 0.0659. The van der Waals surface area contributed by atoms with Crippen LogP contribution >= 0.6 is 0 Å². The van der Waals surface area contributed by atoms with E-state index in [9.17, 15) is 14.4 Å². The molecule has 0 saturated carbocycles. The predicted octanol–water partition coefficient (Wildman–Crippen LogP) is 15.6. The lowest BCUT2D eigenvalue weighted by atomic mass is 10.0. The van der Waals surface area contributed by atoms with Gasteiger partial charge in [0.15, 0.2) is 6.10 Å². The van der Waals surface area contributed by atoms with Crippen LogP contribution in [0.3, 0.4) is 0 Å². The Hall–Kier alpha value is -1.59. The summed E-state index contributed by atoms with van der Waals surface area (Å²) in [6.45, 7) is 13.6. The third-order valence-corrected chi connectivity index (χ3v) is 11.1. The van der Waals surface area contributed by atoms with Gasteiger partial charge in [-0.2, -0.15) is 0 Å². The molecule has 0 rings (SSSR count). The second-order valence-electron chi connectivity index (χ2n) is 18.5. The molecule has 0 bridgehead atoms. The average Bonchev–Trinajstić information content (AvgIpc) is 3.15. The van der Waals surface area contributed by atoms with E-state index in [2.05, 4.69) is 41.5 Å². The fraction of sp³-hybridized carbons (Fsp3) is 0.940. The van der Waals surface area contributed by atoms with Gasteiger partial charge in [0.25, 0.3) is 0 Å². The highest BCUT2D eigenvalue weighted by Crippen LogP contribution is 2.17. The molecule has 0 aliphatic heterocycles. The van der Waals surface area contributed by atoms with Crippen molar-refractivity contribution in [1.82, 2.24) is 0 Å². The van der Waals surface area contributed by atoms with Gasteiger partial charge in [0.2, 0.25) is 0 Å². The van der Waals surface area contributed by atoms with Crippen molar-refractivity contribution < 1.29 is 28.6 Å². The molecular formula is C50H96O6. The Labute approximate surface area is 348 Å². The fourth-order valence-electron chi connectivity index (χ4n) is 7.41. The van der Waals surface area contributed by atoms with Crippen LogP contribution in [-0.2, 0) is 28.6 Å². The highest BCUT2D eigenvalue weighted by atomic mass is 16.6. The summed E-state index contributed by atoms with van der Waals surface area (Å²) < 4.78 is 16.7. The average molecular weight is 793 g/mol. The highest BCUT2D eigenvalue weighted by Gasteiger charge is 2.19. The van der Waals surface area contributed by atoms with E-state index in [1.165, 1.54) is 148 Å². The summed E-state index contributed by atoms with van der Waals surface area (Å²) in [5, 5.41) is 0. The van der Waals surface area contributed by atoms with E-state index < -0.39 is 6.10 Å². The molecule has 0 N–H and O–H groups in total. The quantitative estimate of drug-likeness (QED) is 0.0348. The maximum atomic E-state index is 12.8. The number of esters is 3. The van der Waals surface area contributed by atoms with Gasteiger partial charge in [-0.3, -0.25) is 14.4 Å². The van der Waals surface area contributed by atoms with Crippen molar-refractivity contribution in [3.8, 4) is 0 Å². The van der Waals surface area contributed by atoms with Crippen molar-refractivity contribution in [3.63, 3.8) is 0 Å². The summed E-state index contributed by atoms with van der Waals surface area (Å²) in [4.78, 5) is 37.8. The smallest absolute Gasteiger partial charge is 0.306 e. The summed E-state index contributed by atoms with van der Waals surface area (Å²) in [6.07, 6.45) is 39.6. The van der Waals surface area contributed by atoms with Gasteiger partial charge in [-0.15, -0.1) is 0 Å². The molecule has 0 fully saturated rings. The van der Waals surface area contributed by atoms with Crippen molar-refractivity contribution in [2.45, 2.75) is 272 Å². The summed E-state index contributed by atoms with van der Waals surface area (Å²) in [5.41, 5.74) is 0. The number of unbranched alkanes of at least 4 members (excludes halogenated alkanes) is 26. The molecule has 6 heteroatoms. The summed E-state index contributed by atoms with van der Waals surface area (Å²) >= 11 is 0.